The predicted molar refractivity (Wildman–Crippen MR) is 118 cm³/mol. The minimum atomic E-state index is -0.438. The van der Waals surface area contributed by atoms with Crippen molar-refractivity contribution < 1.29 is 23.9 Å². The fraction of sp³-hybridized carbons (Fsp3) is 0.120. The van der Waals surface area contributed by atoms with Crippen LogP contribution in [0, 0.1) is 0 Å². The van der Waals surface area contributed by atoms with E-state index in [4.69, 9.17) is 4.74 Å². The third kappa shape index (κ3) is 3.88. The number of Topliss-reactive ketones (excluding diaryl/α,β-unsaturated/α-hetero) is 1. The first-order chi connectivity index (χ1) is 15.4. The Morgan fingerprint density at radius 3 is 2.22 bits per heavy atom. The molecule has 1 aliphatic heterocycles. The molecule has 0 atom stereocenters. The van der Waals surface area contributed by atoms with Crippen molar-refractivity contribution in [2.45, 2.75) is 13.5 Å². The van der Waals surface area contributed by atoms with Crippen molar-refractivity contribution in [1.82, 2.24) is 4.90 Å². The van der Waals surface area contributed by atoms with Crippen LogP contribution in [0.4, 0.5) is 5.69 Å². The number of carbonyl (C=O) groups excluding carboxylic acids is 4. The van der Waals surface area contributed by atoms with Gasteiger partial charge in [0.05, 0.1) is 30.3 Å². The summed E-state index contributed by atoms with van der Waals surface area (Å²) < 4.78 is 5.32. The molecule has 7 heteroatoms. The second-order valence-corrected chi connectivity index (χ2v) is 7.37. The van der Waals surface area contributed by atoms with Gasteiger partial charge in [-0.3, -0.25) is 24.1 Å². The molecule has 7 nitrogen and oxygen atoms in total. The molecule has 0 bridgehead atoms. The summed E-state index contributed by atoms with van der Waals surface area (Å²) in [5.41, 5.74) is 2.53. The molecule has 0 aromatic heterocycles. The molecule has 1 heterocycles. The van der Waals surface area contributed by atoms with E-state index < -0.39 is 5.91 Å². The average molecular weight is 428 g/mol. The third-order valence-corrected chi connectivity index (χ3v) is 5.25. The van der Waals surface area contributed by atoms with Crippen LogP contribution in [0.2, 0.25) is 0 Å². The lowest BCUT2D eigenvalue weighted by Gasteiger charge is -2.16. The van der Waals surface area contributed by atoms with Crippen LogP contribution in [-0.2, 0) is 6.54 Å². The molecule has 3 aromatic carbocycles. The van der Waals surface area contributed by atoms with Gasteiger partial charge in [-0.05, 0) is 48.9 Å². The van der Waals surface area contributed by atoms with E-state index in [-0.39, 0.29) is 29.7 Å². The molecule has 4 rings (SSSR count). The number of imide groups is 1. The first kappa shape index (κ1) is 21.0. The van der Waals surface area contributed by atoms with Crippen molar-refractivity contribution in [3.8, 4) is 5.75 Å². The Labute approximate surface area is 184 Å². The van der Waals surface area contributed by atoms with Gasteiger partial charge in [-0.15, -0.1) is 0 Å². The lowest BCUT2D eigenvalue weighted by molar-refractivity contribution is 0.0642. The van der Waals surface area contributed by atoms with Gasteiger partial charge in [0.25, 0.3) is 17.7 Å². The number of hydrogen-bond acceptors (Lipinski definition) is 5. The van der Waals surface area contributed by atoms with Crippen LogP contribution < -0.4 is 10.1 Å². The number of ether oxygens (including phenoxy) is 1. The molecule has 32 heavy (non-hydrogen) atoms. The number of nitrogens with one attached hydrogen (secondary N) is 1. The van der Waals surface area contributed by atoms with Crippen LogP contribution in [0.25, 0.3) is 0 Å². The molecular weight excluding hydrogens is 408 g/mol. The average Bonchev–Trinajstić information content (AvgIpc) is 3.04. The summed E-state index contributed by atoms with van der Waals surface area (Å²) in [7, 11) is 1.45. The quantitative estimate of drug-likeness (QED) is 0.474. The lowest BCUT2D eigenvalue weighted by Crippen LogP contribution is -2.29. The number of nitrogens with zero attached hydrogens (tertiary/aromatic N) is 1. The fourth-order valence-electron chi connectivity index (χ4n) is 3.61. The highest BCUT2D eigenvalue weighted by Gasteiger charge is 2.35. The molecule has 160 valence electrons. The number of hydrogen-bond donors (Lipinski definition) is 1. The predicted octanol–water partition coefficient (Wildman–Crippen LogP) is 3.95. The van der Waals surface area contributed by atoms with Gasteiger partial charge in [-0.2, -0.15) is 0 Å². The zero-order valence-corrected chi connectivity index (χ0v) is 17.5. The monoisotopic (exact) mass is 428 g/mol. The van der Waals surface area contributed by atoms with Crippen molar-refractivity contribution in [2.75, 3.05) is 12.4 Å². The maximum atomic E-state index is 12.9. The first-order valence-corrected chi connectivity index (χ1v) is 9.93. The molecule has 1 aliphatic rings. The number of ketones is 1. The molecule has 0 radical (unpaired) electrons. The van der Waals surface area contributed by atoms with Gasteiger partial charge in [0.1, 0.15) is 5.75 Å². The number of fused-ring (bicyclic) bond motifs is 1. The summed E-state index contributed by atoms with van der Waals surface area (Å²) in [5, 5.41) is 2.76. The van der Waals surface area contributed by atoms with E-state index in [1.807, 2.05) is 0 Å². The van der Waals surface area contributed by atoms with Gasteiger partial charge in [-0.1, -0.05) is 30.3 Å². The maximum Gasteiger partial charge on any atom is 0.261 e. The van der Waals surface area contributed by atoms with Crippen LogP contribution in [0.3, 0.4) is 0 Å². The van der Waals surface area contributed by atoms with Crippen LogP contribution in [-0.4, -0.2) is 35.5 Å². The third-order valence-electron chi connectivity index (χ3n) is 5.25. The normalized spacial score (nSPS) is 12.5. The van der Waals surface area contributed by atoms with Gasteiger partial charge in [0.2, 0.25) is 0 Å². The van der Waals surface area contributed by atoms with Crippen molar-refractivity contribution in [3.05, 3.63) is 94.5 Å². The number of carbonyl (C=O) groups is 4. The Morgan fingerprint density at radius 1 is 0.906 bits per heavy atom. The highest BCUT2D eigenvalue weighted by molar-refractivity contribution is 6.21. The van der Waals surface area contributed by atoms with Gasteiger partial charge in [0, 0.05) is 11.3 Å². The molecule has 0 fully saturated rings. The largest absolute Gasteiger partial charge is 0.496 e. The first-order valence-electron chi connectivity index (χ1n) is 9.93. The Balaban J connectivity index is 1.59. The van der Waals surface area contributed by atoms with Crippen LogP contribution in [0.1, 0.15) is 53.9 Å². The second kappa shape index (κ2) is 8.47. The lowest BCUT2D eigenvalue weighted by atomic mass is 10.1. The smallest absolute Gasteiger partial charge is 0.261 e. The van der Waals surface area contributed by atoms with Gasteiger partial charge in [-0.25, -0.2) is 0 Å². The van der Waals surface area contributed by atoms with E-state index in [1.165, 1.54) is 14.0 Å². The summed E-state index contributed by atoms with van der Waals surface area (Å²) in [4.78, 5) is 51.0. The summed E-state index contributed by atoms with van der Waals surface area (Å²) >= 11 is 0. The molecule has 0 saturated heterocycles. The fourth-order valence-corrected chi connectivity index (χ4v) is 3.61. The van der Waals surface area contributed by atoms with Crippen LogP contribution in [0.5, 0.6) is 5.75 Å². The topological polar surface area (TPSA) is 92.8 Å². The molecule has 0 unspecified atom stereocenters. The Hall–Kier alpha value is -4.26. The zero-order chi connectivity index (χ0) is 22.8. The van der Waals surface area contributed by atoms with E-state index in [2.05, 4.69) is 5.32 Å². The maximum absolute atomic E-state index is 12.9. The second-order valence-electron chi connectivity index (χ2n) is 7.37. The van der Waals surface area contributed by atoms with Crippen molar-refractivity contribution in [1.29, 1.82) is 0 Å². The summed E-state index contributed by atoms with van der Waals surface area (Å²) in [6.07, 6.45) is 0. The summed E-state index contributed by atoms with van der Waals surface area (Å²) in [6.45, 7) is 1.48. The van der Waals surface area contributed by atoms with Crippen molar-refractivity contribution in [2.24, 2.45) is 0 Å². The SMILES string of the molecule is COc1ccc(CN2C(=O)c3ccccc3C2=O)cc1C(=O)Nc1cccc(C(C)=O)c1. The minimum absolute atomic E-state index is 0.0242. The Kier molecular flexibility index (Phi) is 5.55. The van der Waals surface area contributed by atoms with Crippen molar-refractivity contribution >= 4 is 29.2 Å². The number of anilines is 1. The number of benzene rings is 3. The molecule has 0 spiro atoms. The van der Waals surface area contributed by atoms with Gasteiger partial charge < -0.3 is 10.1 Å². The van der Waals surface area contributed by atoms with E-state index in [1.54, 1.807) is 66.7 Å². The zero-order valence-electron chi connectivity index (χ0n) is 17.5. The summed E-state index contributed by atoms with van der Waals surface area (Å²) in [6, 6.07) is 18.2. The molecule has 3 aromatic rings. The van der Waals surface area contributed by atoms with Crippen molar-refractivity contribution in [3.63, 3.8) is 0 Å². The number of amides is 3. The number of methoxy groups -OCH3 is 1. The van der Waals surface area contributed by atoms with E-state index >= 15 is 0 Å². The van der Waals surface area contributed by atoms with Crippen LogP contribution >= 0.6 is 0 Å². The number of rotatable bonds is 6. The Morgan fingerprint density at radius 2 is 1.59 bits per heavy atom. The van der Waals surface area contributed by atoms with Crippen LogP contribution in [0.15, 0.2) is 66.7 Å². The molecule has 0 aliphatic carbocycles. The molecule has 1 N–H and O–H groups in total. The van der Waals surface area contributed by atoms with E-state index in [9.17, 15) is 19.2 Å². The van der Waals surface area contributed by atoms with Gasteiger partial charge >= 0.3 is 0 Å². The minimum Gasteiger partial charge on any atom is -0.496 e. The van der Waals surface area contributed by atoms with E-state index in [0.717, 1.165) is 4.90 Å². The molecule has 3 amide bonds. The molecular formula is C25H20N2O5. The highest BCUT2D eigenvalue weighted by atomic mass is 16.5. The summed E-state index contributed by atoms with van der Waals surface area (Å²) in [5.74, 6) is -0.938. The highest BCUT2D eigenvalue weighted by Crippen LogP contribution is 2.27. The Bertz CT molecular complexity index is 1230. The van der Waals surface area contributed by atoms with Gasteiger partial charge in [0.15, 0.2) is 5.78 Å². The standard InChI is InChI=1S/C25H20N2O5/c1-15(28)17-6-5-7-18(13-17)26-23(29)21-12-16(10-11-22(21)32-2)14-27-24(30)19-8-3-4-9-20(19)25(27)31/h3-13H,14H2,1-2H3,(H,26,29). The molecule has 0 saturated carbocycles. The van der Waals surface area contributed by atoms with E-state index in [0.29, 0.717) is 33.7 Å².